The van der Waals surface area contributed by atoms with Crippen LogP contribution in [0.15, 0.2) is 41.3 Å². The molecule has 1 aliphatic rings. The Bertz CT molecular complexity index is 1140. The number of hydrogen-bond acceptors (Lipinski definition) is 4. The van der Waals surface area contributed by atoms with Gasteiger partial charge >= 0.3 is 5.97 Å². The molecule has 4 N–H and O–H groups in total. The second-order valence-corrected chi connectivity index (χ2v) is 7.03. The van der Waals surface area contributed by atoms with Crippen molar-refractivity contribution in [1.29, 1.82) is 0 Å². The number of pyridine rings is 1. The SMILES string of the molecule is CCn1cc(C(=O)O)c(=O)c2c(N)c(F)c(NC3Cc4ccccc4C3)cc21. The summed E-state index contributed by atoms with van der Waals surface area (Å²) in [4.78, 5) is 23.9. The van der Waals surface area contributed by atoms with Gasteiger partial charge in [-0.1, -0.05) is 24.3 Å². The lowest BCUT2D eigenvalue weighted by Crippen LogP contribution is -2.23. The van der Waals surface area contributed by atoms with E-state index in [4.69, 9.17) is 5.73 Å². The number of nitrogen functional groups attached to an aromatic ring is 1. The summed E-state index contributed by atoms with van der Waals surface area (Å²) in [5.74, 6) is -2.09. The molecule has 0 bridgehead atoms. The zero-order chi connectivity index (χ0) is 20.0. The zero-order valence-corrected chi connectivity index (χ0v) is 15.3. The van der Waals surface area contributed by atoms with E-state index in [1.165, 1.54) is 17.3 Å². The highest BCUT2D eigenvalue weighted by Gasteiger charge is 2.24. The van der Waals surface area contributed by atoms with Gasteiger partial charge in [0.15, 0.2) is 5.82 Å². The molecule has 0 unspecified atom stereocenters. The van der Waals surface area contributed by atoms with E-state index in [9.17, 15) is 19.1 Å². The molecule has 0 atom stereocenters. The van der Waals surface area contributed by atoms with Gasteiger partial charge in [-0.3, -0.25) is 4.79 Å². The number of fused-ring (bicyclic) bond motifs is 2. The van der Waals surface area contributed by atoms with Crippen LogP contribution in [0.25, 0.3) is 10.9 Å². The van der Waals surface area contributed by atoms with Crippen LogP contribution in [0.4, 0.5) is 15.8 Å². The number of aromatic carboxylic acids is 1. The van der Waals surface area contributed by atoms with Crippen molar-refractivity contribution in [2.75, 3.05) is 11.1 Å². The van der Waals surface area contributed by atoms with Crippen molar-refractivity contribution in [3.8, 4) is 0 Å². The molecule has 0 fully saturated rings. The Morgan fingerprint density at radius 1 is 1.32 bits per heavy atom. The molecule has 1 aromatic heterocycles. The van der Waals surface area contributed by atoms with Crippen molar-refractivity contribution in [2.45, 2.75) is 32.4 Å². The first kappa shape index (κ1) is 18.0. The van der Waals surface area contributed by atoms with Crippen LogP contribution in [-0.2, 0) is 19.4 Å². The summed E-state index contributed by atoms with van der Waals surface area (Å²) in [6, 6.07) is 9.64. The Balaban J connectivity index is 1.81. The second-order valence-electron chi connectivity index (χ2n) is 7.03. The predicted molar refractivity (Wildman–Crippen MR) is 106 cm³/mol. The summed E-state index contributed by atoms with van der Waals surface area (Å²) in [7, 11) is 0. The number of rotatable bonds is 4. The molecule has 2 aromatic carbocycles. The zero-order valence-electron chi connectivity index (χ0n) is 15.3. The standard InChI is InChI=1S/C21H20FN3O3/c1-2-25-10-14(21(27)28)20(26)17-16(25)9-15(18(22)19(17)23)24-13-7-11-5-3-4-6-12(11)8-13/h3-6,9-10,13,24H,2,7-8,23H2,1H3,(H,27,28). The van der Waals surface area contributed by atoms with E-state index >= 15 is 0 Å². The van der Waals surface area contributed by atoms with Gasteiger partial charge in [-0.25, -0.2) is 9.18 Å². The number of halogens is 1. The highest BCUT2D eigenvalue weighted by Crippen LogP contribution is 2.31. The van der Waals surface area contributed by atoms with Crippen LogP contribution in [0.3, 0.4) is 0 Å². The maximum Gasteiger partial charge on any atom is 0.341 e. The van der Waals surface area contributed by atoms with Gasteiger partial charge in [-0.15, -0.1) is 0 Å². The minimum atomic E-state index is -1.36. The van der Waals surface area contributed by atoms with Crippen molar-refractivity contribution in [2.24, 2.45) is 0 Å². The topological polar surface area (TPSA) is 97.4 Å². The minimum Gasteiger partial charge on any atom is -0.477 e. The molecule has 0 saturated carbocycles. The number of carboxylic acid groups (broad SMARTS) is 1. The van der Waals surface area contributed by atoms with Crippen LogP contribution in [0.2, 0.25) is 0 Å². The summed E-state index contributed by atoms with van der Waals surface area (Å²) in [5.41, 5.74) is 7.51. The van der Waals surface area contributed by atoms with Gasteiger partial charge < -0.3 is 20.7 Å². The van der Waals surface area contributed by atoms with Crippen LogP contribution >= 0.6 is 0 Å². The number of benzene rings is 2. The first-order valence-electron chi connectivity index (χ1n) is 9.12. The van der Waals surface area contributed by atoms with Gasteiger partial charge in [0.2, 0.25) is 5.43 Å². The monoisotopic (exact) mass is 381 g/mol. The van der Waals surface area contributed by atoms with E-state index in [1.807, 2.05) is 19.1 Å². The van der Waals surface area contributed by atoms with E-state index in [-0.39, 0.29) is 22.8 Å². The largest absolute Gasteiger partial charge is 0.477 e. The van der Waals surface area contributed by atoms with Crippen LogP contribution in [-0.4, -0.2) is 21.7 Å². The Morgan fingerprint density at radius 3 is 2.54 bits per heavy atom. The molecule has 0 amide bonds. The fraction of sp³-hybridized carbons (Fsp3) is 0.238. The van der Waals surface area contributed by atoms with Crippen LogP contribution in [0.5, 0.6) is 0 Å². The first-order valence-corrected chi connectivity index (χ1v) is 9.12. The third-order valence-electron chi connectivity index (χ3n) is 5.33. The number of carbonyl (C=O) groups is 1. The van der Waals surface area contributed by atoms with Gasteiger partial charge in [0.1, 0.15) is 5.56 Å². The van der Waals surface area contributed by atoms with Crippen molar-refractivity contribution in [3.63, 3.8) is 0 Å². The Labute approximate surface area is 160 Å². The molecular weight excluding hydrogens is 361 g/mol. The lowest BCUT2D eigenvalue weighted by Gasteiger charge is -2.18. The number of aromatic nitrogens is 1. The van der Waals surface area contributed by atoms with E-state index < -0.39 is 22.8 Å². The number of aryl methyl sites for hydroxylation is 1. The number of nitrogens with zero attached hydrogens (tertiary/aromatic N) is 1. The first-order chi connectivity index (χ1) is 13.4. The smallest absolute Gasteiger partial charge is 0.341 e. The Hall–Kier alpha value is -3.35. The number of nitrogens with one attached hydrogen (secondary N) is 1. The molecule has 0 saturated heterocycles. The summed E-state index contributed by atoms with van der Waals surface area (Å²) < 4.78 is 16.6. The summed E-state index contributed by atoms with van der Waals surface area (Å²) >= 11 is 0. The van der Waals surface area contributed by atoms with Gasteiger partial charge in [0, 0.05) is 18.8 Å². The van der Waals surface area contributed by atoms with Gasteiger partial charge in [-0.2, -0.15) is 0 Å². The van der Waals surface area contributed by atoms with Crippen LogP contribution < -0.4 is 16.5 Å². The average molecular weight is 381 g/mol. The van der Waals surface area contributed by atoms with Gasteiger partial charge in [0.25, 0.3) is 0 Å². The van der Waals surface area contributed by atoms with Crippen LogP contribution in [0.1, 0.15) is 28.4 Å². The highest BCUT2D eigenvalue weighted by molar-refractivity contribution is 5.99. The molecule has 28 heavy (non-hydrogen) atoms. The molecule has 6 nitrogen and oxygen atoms in total. The second kappa shape index (κ2) is 6.67. The molecule has 0 radical (unpaired) electrons. The molecule has 1 aliphatic carbocycles. The van der Waals surface area contributed by atoms with Crippen molar-refractivity contribution >= 4 is 28.2 Å². The van der Waals surface area contributed by atoms with E-state index in [1.54, 1.807) is 10.6 Å². The lowest BCUT2D eigenvalue weighted by molar-refractivity contribution is 0.0695. The number of anilines is 2. The van der Waals surface area contributed by atoms with E-state index in [0.717, 1.165) is 12.8 Å². The van der Waals surface area contributed by atoms with Crippen molar-refractivity contribution in [1.82, 2.24) is 4.57 Å². The van der Waals surface area contributed by atoms with Gasteiger partial charge in [-0.05, 0) is 37.0 Å². The van der Waals surface area contributed by atoms with E-state index in [2.05, 4.69) is 17.4 Å². The summed E-state index contributed by atoms with van der Waals surface area (Å²) in [5, 5.41) is 12.4. The maximum atomic E-state index is 15.0. The molecule has 0 spiro atoms. The summed E-state index contributed by atoms with van der Waals surface area (Å²) in [6.45, 7) is 2.23. The van der Waals surface area contributed by atoms with Gasteiger partial charge in [0.05, 0.1) is 22.3 Å². The fourth-order valence-corrected chi connectivity index (χ4v) is 3.95. The quantitative estimate of drug-likeness (QED) is 0.604. The highest BCUT2D eigenvalue weighted by atomic mass is 19.1. The molecule has 0 aliphatic heterocycles. The number of carboxylic acids is 1. The van der Waals surface area contributed by atoms with Crippen molar-refractivity contribution in [3.05, 3.63) is 69.3 Å². The lowest BCUT2D eigenvalue weighted by atomic mass is 10.1. The summed E-state index contributed by atoms with van der Waals surface area (Å²) in [6.07, 6.45) is 2.82. The Morgan fingerprint density at radius 2 is 1.96 bits per heavy atom. The normalized spacial score (nSPS) is 13.6. The molecule has 3 aromatic rings. The molecule has 4 rings (SSSR count). The Kier molecular flexibility index (Phi) is 4.30. The molecule has 1 heterocycles. The fourth-order valence-electron chi connectivity index (χ4n) is 3.95. The third kappa shape index (κ3) is 2.79. The van der Waals surface area contributed by atoms with E-state index in [0.29, 0.717) is 12.1 Å². The molecule has 7 heteroatoms. The average Bonchev–Trinajstić information content (AvgIpc) is 3.08. The van der Waals surface area contributed by atoms with Crippen molar-refractivity contribution < 1.29 is 14.3 Å². The van der Waals surface area contributed by atoms with Crippen LogP contribution in [0, 0.1) is 5.82 Å². The maximum absolute atomic E-state index is 15.0. The minimum absolute atomic E-state index is 0.0174. The number of hydrogen-bond donors (Lipinski definition) is 3. The molecular formula is C21H20FN3O3. The third-order valence-corrected chi connectivity index (χ3v) is 5.33. The number of nitrogens with two attached hydrogens (primary N) is 1. The predicted octanol–water partition coefficient (Wildman–Crippen LogP) is 3.02. The molecule has 144 valence electrons.